The monoisotopic (exact) mass is 473 g/mol. The summed E-state index contributed by atoms with van der Waals surface area (Å²) in [6.07, 6.45) is 0.383. The fourth-order valence-electron chi connectivity index (χ4n) is 4.19. The van der Waals surface area contributed by atoms with E-state index in [2.05, 4.69) is 29.3 Å². The number of fused-ring (bicyclic) bond motifs is 3. The van der Waals surface area contributed by atoms with Crippen LogP contribution in [0.5, 0.6) is 0 Å². The maximum absolute atomic E-state index is 13.2. The summed E-state index contributed by atoms with van der Waals surface area (Å²) in [5.74, 6) is -0.935. The zero-order valence-corrected chi connectivity index (χ0v) is 19.5. The van der Waals surface area contributed by atoms with Crippen LogP contribution in [-0.2, 0) is 20.9 Å². The third-order valence-corrected chi connectivity index (χ3v) is 6.96. The molecule has 5 rings (SSSR count). The molecule has 1 aliphatic rings. The van der Waals surface area contributed by atoms with Crippen LogP contribution in [0.1, 0.15) is 30.1 Å². The maximum Gasteiger partial charge on any atom is 0.279 e. The van der Waals surface area contributed by atoms with Crippen LogP contribution in [0.3, 0.4) is 0 Å². The summed E-state index contributed by atoms with van der Waals surface area (Å²) in [5, 5.41) is 2.23. The molecule has 1 fully saturated rings. The average Bonchev–Trinajstić information content (AvgIpc) is 3.38. The molecular weight excluding hydrogens is 450 g/mol. The smallest absolute Gasteiger partial charge is 0.279 e. The van der Waals surface area contributed by atoms with Crippen molar-refractivity contribution in [2.45, 2.75) is 26.3 Å². The van der Waals surface area contributed by atoms with Crippen LogP contribution in [0.2, 0.25) is 0 Å². The van der Waals surface area contributed by atoms with Gasteiger partial charge in [-0.05, 0) is 36.6 Å². The number of thiazole rings is 1. The lowest BCUT2D eigenvalue weighted by Crippen LogP contribution is -2.28. The number of hydrogen-bond donors (Lipinski definition) is 0. The SMILES string of the molecule is CCOCCn1c(=NC(=O)c2cccc(N3C(=O)CCC3=O)c2)sc2c3ccccc3ccc21. The van der Waals surface area contributed by atoms with Gasteiger partial charge in [0.2, 0.25) is 11.8 Å². The molecule has 3 aromatic carbocycles. The van der Waals surface area contributed by atoms with Crippen LogP contribution in [0, 0.1) is 0 Å². The molecule has 34 heavy (non-hydrogen) atoms. The van der Waals surface area contributed by atoms with Gasteiger partial charge in [-0.2, -0.15) is 4.99 Å². The average molecular weight is 474 g/mol. The third-order valence-electron chi connectivity index (χ3n) is 5.84. The molecule has 1 aromatic heterocycles. The number of imide groups is 1. The number of nitrogens with zero attached hydrogens (tertiary/aromatic N) is 3. The van der Waals surface area contributed by atoms with Gasteiger partial charge in [0.25, 0.3) is 5.91 Å². The lowest BCUT2D eigenvalue weighted by Gasteiger charge is -2.14. The molecule has 0 atom stereocenters. The van der Waals surface area contributed by atoms with E-state index >= 15 is 0 Å². The highest BCUT2D eigenvalue weighted by atomic mass is 32.1. The molecular formula is C26H23N3O4S. The van der Waals surface area contributed by atoms with Crippen molar-refractivity contribution < 1.29 is 19.1 Å². The quantitative estimate of drug-likeness (QED) is 0.309. The van der Waals surface area contributed by atoms with Crippen molar-refractivity contribution in [1.29, 1.82) is 0 Å². The van der Waals surface area contributed by atoms with Gasteiger partial charge in [0.1, 0.15) is 0 Å². The summed E-state index contributed by atoms with van der Waals surface area (Å²) in [6, 6.07) is 18.8. The predicted molar refractivity (Wildman–Crippen MR) is 132 cm³/mol. The highest BCUT2D eigenvalue weighted by Gasteiger charge is 2.30. The van der Waals surface area contributed by atoms with Crippen LogP contribution in [-0.4, -0.2) is 35.5 Å². The number of aromatic nitrogens is 1. The Balaban J connectivity index is 1.59. The Morgan fingerprint density at radius 3 is 2.62 bits per heavy atom. The van der Waals surface area contributed by atoms with Gasteiger partial charge < -0.3 is 9.30 Å². The molecule has 0 saturated carbocycles. The van der Waals surface area contributed by atoms with Gasteiger partial charge in [-0.25, -0.2) is 0 Å². The largest absolute Gasteiger partial charge is 0.380 e. The summed E-state index contributed by atoms with van der Waals surface area (Å²) < 4.78 is 8.64. The Kier molecular flexibility index (Phi) is 6.08. The molecule has 0 unspecified atom stereocenters. The first-order valence-corrected chi connectivity index (χ1v) is 12.0. The molecule has 0 radical (unpaired) electrons. The second-order valence-corrected chi connectivity index (χ2v) is 8.94. The maximum atomic E-state index is 13.2. The van der Waals surface area contributed by atoms with Gasteiger partial charge in [-0.15, -0.1) is 0 Å². The molecule has 1 aliphatic heterocycles. The van der Waals surface area contributed by atoms with E-state index in [0.717, 1.165) is 25.9 Å². The Morgan fingerprint density at radius 2 is 1.82 bits per heavy atom. The minimum absolute atomic E-state index is 0.191. The number of carbonyl (C=O) groups excluding carboxylic acids is 3. The van der Waals surface area contributed by atoms with E-state index in [1.807, 2.05) is 23.6 Å². The van der Waals surface area contributed by atoms with E-state index in [4.69, 9.17) is 4.74 Å². The normalized spacial score (nSPS) is 14.6. The van der Waals surface area contributed by atoms with Gasteiger partial charge in [-0.3, -0.25) is 19.3 Å². The summed E-state index contributed by atoms with van der Waals surface area (Å²) in [6.45, 7) is 3.62. The molecule has 0 aliphatic carbocycles. The van der Waals surface area contributed by atoms with E-state index in [-0.39, 0.29) is 24.7 Å². The van der Waals surface area contributed by atoms with Crippen molar-refractivity contribution in [2.24, 2.45) is 4.99 Å². The van der Waals surface area contributed by atoms with Crippen molar-refractivity contribution in [2.75, 3.05) is 18.1 Å². The van der Waals surface area contributed by atoms with Crippen LogP contribution >= 0.6 is 11.3 Å². The van der Waals surface area contributed by atoms with Gasteiger partial charge in [0.15, 0.2) is 4.80 Å². The van der Waals surface area contributed by atoms with Crippen molar-refractivity contribution in [3.05, 3.63) is 71.0 Å². The van der Waals surface area contributed by atoms with E-state index < -0.39 is 5.91 Å². The Bertz CT molecular complexity index is 1480. The van der Waals surface area contributed by atoms with Gasteiger partial charge in [0.05, 0.1) is 22.5 Å². The molecule has 0 bridgehead atoms. The lowest BCUT2D eigenvalue weighted by molar-refractivity contribution is -0.121. The number of carbonyl (C=O) groups is 3. The number of anilines is 1. The molecule has 0 N–H and O–H groups in total. The van der Waals surface area contributed by atoms with E-state index in [1.165, 1.54) is 11.3 Å². The number of rotatable bonds is 6. The minimum Gasteiger partial charge on any atom is -0.380 e. The Labute approximate surface area is 199 Å². The summed E-state index contributed by atoms with van der Waals surface area (Å²) in [7, 11) is 0. The fourth-order valence-corrected chi connectivity index (χ4v) is 5.38. The molecule has 7 nitrogen and oxygen atoms in total. The van der Waals surface area contributed by atoms with Crippen molar-refractivity contribution in [1.82, 2.24) is 4.57 Å². The first kappa shape index (κ1) is 22.2. The molecule has 4 aromatic rings. The topological polar surface area (TPSA) is 81.0 Å². The highest BCUT2D eigenvalue weighted by molar-refractivity contribution is 7.17. The lowest BCUT2D eigenvalue weighted by atomic mass is 10.1. The first-order valence-electron chi connectivity index (χ1n) is 11.2. The van der Waals surface area contributed by atoms with Gasteiger partial charge >= 0.3 is 0 Å². The number of amides is 3. The minimum atomic E-state index is -0.429. The molecule has 3 amide bonds. The first-order chi connectivity index (χ1) is 16.6. The van der Waals surface area contributed by atoms with Crippen molar-refractivity contribution in [3.63, 3.8) is 0 Å². The summed E-state index contributed by atoms with van der Waals surface area (Å²) in [4.78, 5) is 43.6. The van der Waals surface area contributed by atoms with Crippen molar-refractivity contribution >= 4 is 55.7 Å². The number of ether oxygens (including phenoxy) is 1. The standard InChI is InChI=1S/C26H23N3O4S/c1-2-33-15-14-28-21-11-10-17-6-3-4-9-20(17)24(21)34-26(28)27-25(32)18-7-5-8-19(16-18)29-22(30)12-13-23(29)31/h3-11,16H,2,12-15H2,1H3. The van der Waals surface area contributed by atoms with E-state index in [9.17, 15) is 14.4 Å². The molecule has 172 valence electrons. The number of benzene rings is 3. The summed E-state index contributed by atoms with van der Waals surface area (Å²) in [5.41, 5.74) is 1.72. The van der Waals surface area contributed by atoms with Gasteiger partial charge in [-0.1, -0.05) is 47.7 Å². The molecule has 1 saturated heterocycles. The molecule has 2 heterocycles. The van der Waals surface area contributed by atoms with Crippen LogP contribution in [0.25, 0.3) is 21.0 Å². The summed E-state index contributed by atoms with van der Waals surface area (Å²) >= 11 is 1.47. The van der Waals surface area contributed by atoms with Crippen LogP contribution in [0.15, 0.2) is 65.7 Å². The Morgan fingerprint density at radius 1 is 1.03 bits per heavy atom. The predicted octanol–water partition coefficient (Wildman–Crippen LogP) is 4.29. The third kappa shape index (κ3) is 4.06. The van der Waals surface area contributed by atoms with Crippen molar-refractivity contribution in [3.8, 4) is 0 Å². The highest BCUT2D eigenvalue weighted by Crippen LogP contribution is 2.28. The number of hydrogen-bond acceptors (Lipinski definition) is 5. The van der Waals surface area contributed by atoms with E-state index in [1.54, 1.807) is 24.3 Å². The zero-order chi connectivity index (χ0) is 23.7. The Hall–Kier alpha value is -3.62. The zero-order valence-electron chi connectivity index (χ0n) is 18.7. The van der Waals surface area contributed by atoms with Crippen LogP contribution < -0.4 is 9.70 Å². The second kappa shape index (κ2) is 9.32. The van der Waals surface area contributed by atoms with Gasteiger partial charge in [0, 0.05) is 36.9 Å². The second-order valence-electron chi connectivity index (χ2n) is 7.96. The molecule has 8 heteroatoms. The molecule has 0 spiro atoms. The van der Waals surface area contributed by atoms with E-state index in [0.29, 0.717) is 35.8 Å². The van der Waals surface area contributed by atoms with Crippen LogP contribution in [0.4, 0.5) is 5.69 Å². The fraction of sp³-hybridized carbons (Fsp3) is 0.231.